The van der Waals surface area contributed by atoms with Gasteiger partial charge >= 0.3 is 0 Å². The zero-order chi connectivity index (χ0) is 26.6. The van der Waals surface area contributed by atoms with Crippen LogP contribution in [0.5, 0.6) is 11.5 Å². The van der Waals surface area contributed by atoms with Crippen molar-refractivity contribution in [3.05, 3.63) is 71.3 Å². The lowest BCUT2D eigenvalue weighted by molar-refractivity contribution is -0.0626. The van der Waals surface area contributed by atoms with Gasteiger partial charge in [-0.1, -0.05) is 6.92 Å². The average Bonchev–Trinajstić information content (AvgIpc) is 3.13. The molecule has 0 atom stereocenters. The first-order valence-electron chi connectivity index (χ1n) is 13.1. The first-order valence-corrected chi connectivity index (χ1v) is 13.1. The Balaban J connectivity index is 0.00000308. The van der Waals surface area contributed by atoms with E-state index in [1.54, 1.807) is 18.3 Å². The number of halogens is 1. The third kappa shape index (κ3) is 4.32. The van der Waals surface area contributed by atoms with Crippen molar-refractivity contribution in [2.75, 3.05) is 20.1 Å². The first-order chi connectivity index (χ1) is 18.2. The molecule has 2 aromatic carbocycles. The zero-order valence-corrected chi connectivity index (χ0v) is 22.2. The van der Waals surface area contributed by atoms with E-state index in [-0.39, 0.29) is 18.9 Å². The molecule has 1 saturated heterocycles. The van der Waals surface area contributed by atoms with Crippen LogP contribution in [0.3, 0.4) is 0 Å². The fourth-order valence-corrected chi connectivity index (χ4v) is 6.30. The minimum Gasteiger partial charge on any atom is -0.457 e. The Morgan fingerprint density at radius 2 is 1.92 bits per heavy atom. The van der Waals surface area contributed by atoms with Crippen LogP contribution in [0.15, 0.2) is 48.7 Å². The van der Waals surface area contributed by atoms with Gasteiger partial charge in [0.15, 0.2) is 0 Å². The second kappa shape index (κ2) is 9.20. The first kappa shape index (κ1) is 24.6. The molecule has 0 radical (unpaired) electrons. The maximum absolute atomic E-state index is 15.4. The number of hydrogen-bond acceptors (Lipinski definition) is 5. The Kier molecular flexibility index (Phi) is 5.94. The van der Waals surface area contributed by atoms with Crippen molar-refractivity contribution in [2.24, 2.45) is 12.5 Å². The number of nitrogens with zero attached hydrogens (tertiary/aromatic N) is 4. The largest absolute Gasteiger partial charge is 0.457 e. The molecule has 2 aliphatic rings. The van der Waals surface area contributed by atoms with E-state index in [4.69, 9.17) is 4.74 Å². The third-order valence-electron chi connectivity index (χ3n) is 7.96. The second-order valence-corrected chi connectivity index (χ2v) is 11.0. The molecule has 1 spiro atoms. The van der Waals surface area contributed by atoms with E-state index in [1.165, 1.54) is 6.07 Å². The highest BCUT2D eigenvalue weighted by Gasteiger charge is 2.51. The minimum absolute atomic E-state index is 0. The number of aromatic nitrogens is 3. The number of rotatable bonds is 6. The molecular weight excluding hydrogens is 481 g/mol. The molecule has 1 saturated carbocycles. The number of ether oxygens (including phenoxy) is 1. The van der Waals surface area contributed by atoms with Gasteiger partial charge in [-0.05, 0) is 74.5 Å². The lowest BCUT2D eigenvalue weighted by Gasteiger charge is -2.58. The summed E-state index contributed by atoms with van der Waals surface area (Å²) >= 11 is 0. The summed E-state index contributed by atoms with van der Waals surface area (Å²) in [5.41, 5.74) is 4.29. The Morgan fingerprint density at radius 1 is 1.16 bits per heavy atom. The fraction of sp³-hybridized carbons (Fsp3) is 0.367. The van der Waals surface area contributed by atoms with Gasteiger partial charge in [0.2, 0.25) is 0 Å². The molecule has 4 aromatic rings. The maximum Gasteiger partial charge on any atom is 0.254 e. The Morgan fingerprint density at radius 3 is 2.66 bits per heavy atom. The SMILES string of the molecule is CCc1cc(-c2cc(Oc3ccc4c(C)nn(C)c4c3)ccn2)cc(F)c1C(=O)NC1CC2(C1)CN(C)C2.[HH]. The average molecular weight is 516 g/mol. The summed E-state index contributed by atoms with van der Waals surface area (Å²) in [7, 11) is 4.02. The monoisotopic (exact) mass is 515 g/mol. The molecule has 198 valence electrons. The molecule has 1 N–H and O–H groups in total. The van der Waals surface area contributed by atoms with Gasteiger partial charge in [-0.3, -0.25) is 14.5 Å². The molecule has 0 bridgehead atoms. The number of nitrogens with one attached hydrogen (secondary N) is 1. The van der Waals surface area contributed by atoms with E-state index < -0.39 is 5.82 Å². The van der Waals surface area contributed by atoms with Gasteiger partial charge in [-0.15, -0.1) is 0 Å². The van der Waals surface area contributed by atoms with Crippen LogP contribution in [0.2, 0.25) is 0 Å². The van der Waals surface area contributed by atoms with Crippen LogP contribution in [0, 0.1) is 18.2 Å². The summed E-state index contributed by atoms with van der Waals surface area (Å²) in [6.07, 6.45) is 4.11. The van der Waals surface area contributed by atoms with Gasteiger partial charge in [0.25, 0.3) is 5.91 Å². The van der Waals surface area contributed by atoms with Gasteiger partial charge in [-0.2, -0.15) is 5.10 Å². The number of carbonyl (C=O) groups is 1. The molecular formula is C30H34FN5O2. The quantitative estimate of drug-likeness (QED) is 0.367. The maximum atomic E-state index is 15.4. The van der Waals surface area contributed by atoms with Gasteiger partial charge in [0.1, 0.15) is 17.3 Å². The van der Waals surface area contributed by atoms with E-state index in [0.717, 1.165) is 42.5 Å². The fourth-order valence-electron chi connectivity index (χ4n) is 6.30. The number of aryl methyl sites for hydroxylation is 3. The van der Waals surface area contributed by atoms with E-state index in [2.05, 4.69) is 27.3 Å². The number of fused-ring (bicyclic) bond motifs is 1. The molecule has 1 amide bonds. The molecule has 2 aromatic heterocycles. The summed E-state index contributed by atoms with van der Waals surface area (Å²) in [6, 6.07) is 12.8. The summed E-state index contributed by atoms with van der Waals surface area (Å²) in [6.45, 7) is 6.07. The molecule has 1 aliphatic heterocycles. The standard InChI is InChI=1S/C30H32FN5O2.H2/c1-5-19-10-20(11-25(31)28(19)29(37)33-21-14-30(15-21)16-35(3)17-30)26-12-23(8-9-32-26)38-22-6-7-24-18(2)34-36(4)27(24)13-22;/h6-13,21H,5,14-17H2,1-4H3,(H,33,37);1H. The number of carbonyl (C=O) groups excluding carboxylic acids is 1. The van der Waals surface area contributed by atoms with E-state index in [1.807, 2.05) is 49.8 Å². The predicted molar refractivity (Wildman–Crippen MR) is 147 cm³/mol. The molecule has 1 aliphatic carbocycles. The van der Waals surface area contributed by atoms with Crippen molar-refractivity contribution in [3.8, 4) is 22.8 Å². The van der Waals surface area contributed by atoms with Crippen LogP contribution in [0.4, 0.5) is 4.39 Å². The highest BCUT2D eigenvalue weighted by atomic mass is 19.1. The van der Waals surface area contributed by atoms with Crippen LogP contribution in [-0.4, -0.2) is 51.8 Å². The van der Waals surface area contributed by atoms with E-state index in [0.29, 0.717) is 40.2 Å². The van der Waals surface area contributed by atoms with Crippen LogP contribution >= 0.6 is 0 Å². The molecule has 3 heterocycles. The van der Waals surface area contributed by atoms with Crippen molar-refractivity contribution in [1.29, 1.82) is 0 Å². The van der Waals surface area contributed by atoms with Crippen molar-refractivity contribution >= 4 is 16.8 Å². The zero-order valence-electron chi connectivity index (χ0n) is 22.2. The number of likely N-dealkylation sites (tertiary alicyclic amines) is 1. The summed E-state index contributed by atoms with van der Waals surface area (Å²) in [4.78, 5) is 19.8. The third-order valence-corrected chi connectivity index (χ3v) is 7.96. The smallest absolute Gasteiger partial charge is 0.254 e. The molecule has 38 heavy (non-hydrogen) atoms. The van der Waals surface area contributed by atoms with Crippen LogP contribution < -0.4 is 10.1 Å². The van der Waals surface area contributed by atoms with Crippen molar-refractivity contribution in [2.45, 2.75) is 39.2 Å². The Bertz CT molecular complexity index is 1550. The molecule has 7 nitrogen and oxygen atoms in total. The van der Waals surface area contributed by atoms with Gasteiger partial charge in [0, 0.05) is 56.9 Å². The minimum atomic E-state index is -0.528. The summed E-state index contributed by atoms with van der Waals surface area (Å²) < 4.78 is 23.3. The Hall–Kier alpha value is -3.78. The number of benzene rings is 2. The highest BCUT2D eigenvalue weighted by molar-refractivity contribution is 5.97. The van der Waals surface area contributed by atoms with Gasteiger partial charge < -0.3 is 15.0 Å². The van der Waals surface area contributed by atoms with E-state index >= 15 is 4.39 Å². The normalized spacial score (nSPS) is 16.9. The van der Waals surface area contributed by atoms with Gasteiger partial charge in [-0.25, -0.2) is 4.39 Å². The van der Waals surface area contributed by atoms with Crippen molar-refractivity contribution in [3.63, 3.8) is 0 Å². The van der Waals surface area contributed by atoms with Crippen LogP contribution in [0.1, 0.15) is 42.8 Å². The Labute approximate surface area is 223 Å². The molecule has 8 heteroatoms. The molecule has 6 rings (SSSR count). The van der Waals surface area contributed by atoms with Crippen LogP contribution in [0.25, 0.3) is 22.2 Å². The van der Waals surface area contributed by atoms with Crippen LogP contribution in [-0.2, 0) is 13.5 Å². The lowest BCUT2D eigenvalue weighted by atomic mass is 9.61. The van der Waals surface area contributed by atoms with E-state index in [9.17, 15) is 4.79 Å². The number of hydrogen-bond donors (Lipinski definition) is 1. The van der Waals surface area contributed by atoms with Gasteiger partial charge in [0.05, 0.1) is 22.5 Å². The topological polar surface area (TPSA) is 72.3 Å². The van der Waals surface area contributed by atoms with Crippen molar-refractivity contribution in [1.82, 2.24) is 25.0 Å². The highest BCUT2D eigenvalue weighted by Crippen LogP contribution is 2.47. The predicted octanol–water partition coefficient (Wildman–Crippen LogP) is 5.51. The molecule has 0 unspecified atom stereocenters. The summed E-state index contributed by atoms with van der Waals surface area (Å²) in [5, 5.41) is 8.60. The van der Waals surface area contributed by atoms with Crippen molar-refractivity contribution < 1.29 is 15.3 Å². The molecule has 2 fully saturated rings. The second-order valence-electron chi connectivity index (χ2n) is 11.0. The number of pyridine rings is 1. The lowest BCUT2D eigenvalue weighted by Crippen LogP contribution is -2.65. The summed E-state index contributed by atoms with van der Waals surface area (Å²) in [5.74, 6) is 0.411. The number of amides is 1.